The Kier molecular flexibility index (Phi) is 10.1. The predicted octanol–water partition coefficient (Wildman–Crippen LogP) is 8.80. The van der Waals surface area contributed by atoms with Crippen molar-refractivity contribution in [2.75, 3.05) is 0 Å². The number of hydrogen-bond donors (Lipinski definition) is 3. The van der Waals surface area contributed by atoms with E-state index in [0.717, 1.165) is 56.1 Å². The maximum atomic E-state index is 14.2. The molecule has 0 aliphatic heterocycles. The molecule has 10 atom stereocenters. The molecule has 0 spiro atoms. The van der Waals surface area contributed by atoms with E-state index in [1.807, 2.05) is 13.8 Å². The standard InChI is InChI=1S/C46H72N2O8/c1-25(2)33-29(49)24-46(47-37(53)42(10,11)48-38(54)56-39(3,4)5)22-21-44(13)26(34(33)46)15-16-31-43(12)19-18-32(41(8,9)30(43)17-20-45(31,44)14)55-36(52)28-23-27(35(50)51)40(28,6)7/h25-28,30-32H,15-24H2,1-14H3,(H,47,53)(H,48,54)(H,50,51)/t26-,27+,28-,30+,31-,32+,43+,44-,45-,46-/m1/s1. The lowest BCUT2D eigenvalue weighted by Gasteiger charge is -2.72. The summed E-state index contributed by atoms with van der Waals surface area (Å²) in [6.45, 7) is 28.7. The van der Waals surface area contributed by atoms with Crippen LogP contribution < -0.4 is 10.6 Å². The molecule has 0 saturated heterocycles. The number of rotatable bonds is 7. The minimum Gasteiger partial charge on any atom is -0.481 e. The maximum Gasteiger partial charge on any atom is 0.408 e. The van der Waals surface area contributed by atoms with Crippen LogP contribution in [0.5, 0.6) is 0 Å². The maximum absolute atomic E-state index is 14.2. The lowest BCUT2D eigenvalue weighted by molar-refractivity contribution is -0.235. The Labute approximate surface area is 335 Å². The van der Waals surface area contributed by atoms with Crippen LogP contribution in [0.2, 0.25) is 0 Å². The first-order chi connectivity index (χ1) is 25.5. The first kappa shape index (κ1) is 42.7. The molecule has 0 aromatic heterocycles. The van der Waals surface area contributed by atoms with E-state index < -0.39 is 46.0 Å². The monoisotopic (exact) mass is 781 g/mol. The molecule has 2 amide bonds. The highest BCUT2D eigenvalue weighted by atomic mass is 16.6. The lowest BCUT2D eigenvalue weighted by atomic mass is 9.33. The van der Waals surface area contributed by atoms with Gasteiger partial charge in [-0.2, -0.15) is 0 Å². The van der Waals surface area contributed by atoms with Crippen LogP contribution in [0.1, 0.15) is 161 Å². The van der Waals surface area contributed by atoms with Gasteiger partial charge in [0.05, 0.1) is 17.4 Å². The molecule has 0 bridgehead atoms. The second-order valence-electron chi connectivity index (χ2n) is 22.8. The molecule has 56 heavy (non-hydrogen) atoms. The van der Waals surface area contributed by atoms with Crippen molar-refractivity contribution in [2.45, 2.75) is 184 Å². The number of ketones is 1. The number of allylic oxidation sites excluding steroid dienone is 1. The highest BCUT2D eigenvalue weighted by Crippen LogP contribution is 2.76. The number of ether oxygens (including phenoxy) is 2. The minimum absolute atomic E-state index is 0.0169. The third-order valence-corrected chi connectivity index (χ3v) is 17.2. The van der Waals surface area contributed by atoms with E-state index in [0.29, 0.717) is 24.7 Å². The number of carbonyl (C=O) groups is 5. The van der Waals surface area contributed by atoms with Crippen molar-refractivity contribution in [2.24, 2.45) is 62.6 Å². The summed E-state index contributed by atoms with van der Waals surface area (Å²) in [4.78, 5) is 66.5. The summed E-state index contributed by atoms with van der Waals surface area (Å²) in [7, 11) is 0. The molecular formula is C46H72N2O8. The van der Waals surface area contributed by atoms with E-state index >= 15 is 0 Å². The summed E-state index contributed by atoms with van der Waals surface area (Å²) in [5.41, 5.74) is -1.72. The summed E-state index contributed by atoms with van der Waals surface area (Å²) in [5.74, 6) is -1.28. The van der Waals surface area contributed by atoms with Crippen LogP contribution >= 0.6 is 0 Å². The van der Waals surface area contributed by atoms with Crippen molar-refractivity contribution in [3.63, 3.8) is 0 Å². The second-order valence-corrected chi connectivity index (χ2v) is 22.8. The summed E-state index contributed by atoms with van der Waals surface area (Å²) in [6.07, 6.45) is 7.02. The largest absolute Gasteiger partial charge is 0.481 e. The van der Waals surface area contributed by atoms with Crippen molar-refractivity contribution in [1.82, 2.24) is 10.6 Å². The molecule has 6 rings (SSSR count). The van der Waals surface area contributed by atoms with Gasteiger partial charge in [0.25, 0.3) is 0 Å². The average molecular weight is 781 g/mol. The molecule has 0 heterocycles. The van der Waals surface area contributed by atoms with Crippen molar-refractivity contribution in [3.8, 4) is 0 Å². The molecule has 10 heteroatoms. The molecule has 6 aliphatic carbocycles. The number of Topliss-reactive ketones (excluding diaryl/α,β-unsaturated/α-hetero) is 1. The number of hydrogen-bond acceptors (Lipinski definition) is 7. The number of esters is 1. The van der Waals surface area contributed by atoms with Gasteiger partial charge in [-0.1, -0.05) is 62.3 Å². The Morgan fingerprint density at radius 2 is 1.43 bits per heavy atom. The van der Waals surface area contributed by atoms with Gasteiger partial charge < -0.3 is 25.2 Å². The van der Waals surface area contributed by atoms with Gasteiger partial charge in [0.1, 0.15) is 17.2 Å². The van der Waals surface area contributed by atoms with Crippen molar-refractivity contribution >= 4 is 29.7 Å². The van der Waals surface area contributed by atoms with Crippen LogP contribution in [0.15, 0.2) is 11.1 Å². The highest BCUT2D eigenvalue weighted by molar-refractivity contribution is 6.03. The fourth-order valence-electron chi connectivity index (χ4n) is 13.9. The summed E-state index contributed by atoms with van der Waals surface area (Å²) in [6, 6.07) is 0. The number of aliphatic carboxylic acids is 1. The zero-order chi connectivity index (χ0) is 42.0. The van der Waals surface area contributed by atoms with E-state index in [9.17, 15) is 29.1 Å². The summed E-state index contributed by atoms with van der Waals surface area (Å²) in [5, 5.41) is 15.8. The molecule has 3 N–H and O–H groups in total. The van der Waals surface area contributed by atoms with Crippen molar-refractivity contribution in [1.29, 1.82) is 0 Å². The fourth-order valence-corrected chi connectivity index (χ4v) is 13.9. The Morgan fingerprint density at radius 1 is 0.786 bits per heavy atom. The molecule has 314 valence electrons. The number of carboxylic acid groups (broad SMARTS) is 1. The van der Waals surface area contributed by atoms with E-state index in [-0.39, 0.29) is 63.7 Å². The van der Waals surface area contributed by atoms with Crippen LogP contribution in [0.3, 0.4) is 0 Å². The van der Waals surface area contributed by atoms with Crippen LogP contribution in [-0.4, -0.2) is 57.6 Å². The average Bonchev–Trinajstić information content (AvgIpc) is 3.32. The fraction of sp³-hybridized carbons (Fsp3) is 0.848. The van der Waals surface area contributed by atoms with Crippen LogP contribution in [0.4, 0.5) is 4.79 Å². The first-order valence-electron chi connectivity index (χ1n) is 21.5. The van der Waals surface area contributed by atoms with Gasteiger partial charge >= 0.3 is 18.0 Å². The molecule has 5 saturated carbocycles. The topological polar surface area (TPSA) is 148 Å². The summed E-state index contributed by atoms with van der Waals surface area (Å²) >= 11 is 0. The number of nitrogens with one attached hydrogen (secondary N) is 2. The number of carbonyl (C=O) groups excluding carboxylic acids is 4. The van der Waals surface area contributed by atoms with Crippen LogP contribution in [0.25, 0.3) is 0 Å². The third-order valence-electron chi connectivity index (χ3n) is 17.2. The first-order valence-corrected chi connectivity index (χ1v) is 21.5. The van der Waals surface area contributed by atoms with Gasteiger partial charge in [-0.05, 0) is 149 Å². The Morgan fingerprint density at radius 3 is 2.00 bits per heavy atom. The molecular weight excluding hydrogens is 709 g/mol. The van der Waals surface area contributed by atoms with Gasteiger partial charge in [0, 0.05) is 11.8 Å². The Balaban J connectivity index is 1.26. The van der Waals surface area contributed by atoms with E-state index in [1.165, 1.54) is 0 Å². The smallest absolute Gasteiger partial charge is 0.408 e. The van der Waals surface area contributed by atoms with Gasteiger partial charge in [-0.15, -0.1) is 0 Å². The zero-order valence-corrected chi connectivity index (χ0v) is 36.9. The van der Waals surface area contributed by atoms with Crippen molar-refractivity contribution in [3.05, 3.63) is 11.1 Å². The van der Waals surface area contributed by atoms with E-state index in [1.54, 1.807) is 34.6 Å². The number of amides is 2. The molecule has 0 unspecified atom stereocenters. The van der Waals surface area contributed by atoms with Crippen LogP contribution in [-0.2, 0) is 28.7 Å². The third kappa shape index (κ3) is 6.35. The zero-order valence-electron chi connectivity index (χ0n) is 36.9. The van der Waals surface area contributed by atoms with Gasteiger partial charge in [-0.3, -0.25) is 19.2 Å². The lowest BCUT2D eigenvalue weighted by Crippen LogP contribution is -2.68. The predicted molar refractivity (Wildman–Crippen MR) is 214 cm³/mol. The molecule has 0 aromatic carbocycles. The SMILES string of the molecule is CC(C)C1=C2[C@H]3CC[C@@H]4[C@@]5(C)CC[C@H](OC(=O)[C@H]6C[C@@H](C(=O)O)C6(C)C)C(C)(C)[C@@H]5CC[C@@]4(C)[C@]3(C)CC[C@@]2(NC(=O)C(C)(C)NC(=O)OC(C)(C)C)CC1=O. The highest BCUT2D eigenvalue weighted by Gasteiger charge is 2.71. The van der Waals surface area contributed by atoms with Gasteiger partial charge in [0.15, 0.2) is 5.78 Å². The Hall–Kier alpha value is -2.91. The molecule has 10 nitrogen and oxygen atoms in total. The molecule has 0 radical (unpaired) electrons. The molecule has 0 aromatic rings. The molecule has 5 fully saturated rings. The minimum atomic E-state index is -1.27. The van der Waals surface area contributed by atoms with Crippen molar-refractivity contribution < 1.29 is 38.6 Å². The number of carboxylic acids is 1. The normalized spacial score (nSPS) is 39.9. The van der Waals surface area contributed by atoms with Gasteiger partial charge in [-0.25, -0.2) is 4.79 Å². The van der Waals surface area contributed by atoms with Gasteiger partial charge in [0.2, 0.25) is 5.91 Å². The summed E-state index contributed by atoms with van der Waals surface area (Å²) < 4.78 is 11.9. The second kappa shape index (κ2) is 13.3. The quantitative estimate of drug-likeness (QED) is 0.217. The number of fused-ring (bicyclic) bond motifs is 7. The van der Waals surface area contributed by atoms with E-state index in [2.05, 4.69) is 59.1 Å². The molecule has 6 aliphatic rings. The van der Waals surface area contributed by atoms with E-state index in [4.69, 9.17) is 9.47 Å². The Bertz CT molecular complexity index is 1720. The number of alkyl carbamates (subject to hydrolysis) is 1. The van der Waals surface area contributed by atoms with Crippen LogP contribution in [0, 0.1) is 62.6 Å².